The van der Waals surface area contributed by atoms with Crippen molar-refractivity contribution < 1.29 is 14.3 Å². The van der Waals surface area contributed by atoms with Crippen molar-refractivity contribution in [1.29, 1.82) is 0 Å². The van der Waals surface area contributed by atoms with E-state index in [9.17, 15) is 9.70 Å². The third-order valence-electron chi connectivity index (χ3n) is 2.46. The van der Waals surface area contributed by atoms with Crippen LogP contribution in [0.1, 0.15) is 10.5 Å². The third-order valence-corrected chi connectivity index (χ3v) is 2.46. The van der Waals surface area contributed by atoms with E-state index in [4.69, 9.17) is 4.74 Å². The number of nitrogens with one attached hydrogen (secondary N) is 1. The molecule has 6 heteroatoms. The van der Waals surface area contributed by atoms with Gasteiger partial charge in [0.1, 0.15) is 11.4 Å². The highest BCUT2D eigenvalue weighted by atomic mass is 16.5. The van der Waals surface area contributed by atoms with Gasteiger partial charge in [-0.25, -0.2) is 4.79 Å². The van der Waals surface area contributed by atoms with Crippen molar-refractivity contribution in [3.8, 4) is 5.75 Å². The first-order valence-electron chi connectivity index (χ1n) is 4.82. The molecule has 0 spiro atoms. The molecular formula is C11H10N2O4. The molecule has 0 fully saturated rings. The van der Waals surface area contributed by atoms with Crippen molar-refractivity contribution in [1.82, 2.24) is 4.98 Å². The molecule has 1 heterocycles. The van der Waals surface area contributed by atoms with E-state index in [2.05, 4.69) is 14.9 Å². The lowest BCUT2D eigenvalue weighted by Gasteiger charge is -1.98. The fourth-order valence-corrected chi connectivity index (χ4v) is 1.63. The van der Waals surface area contributed by atoms with Gasteiger partial charge in [0, 0.05) is 10.9 Å². The highest BCUT2D eigenvalue weighted by Crippen LogP contribution is 2.33. The van der Waals surface area contributed by atoms with Gasteiger partial charge in [0.25, 0.3) is 0 Å². The molecule has 0 saturated heterocycles. The van der Waals surface area contributed by atoms with E-state index in [1.807, 2.05) is 0 Å². The van der Waals surface area contributed by atoms with Gasteiger partial charge in [-0.15, -0.1) is 4.91 Å². The minimum absolute atomic E-state index is 0.0331. The van der Waals surface area contributed by atoms with Crippen LogP contribution in [0.2, 0.25) is 0 Å². The number of carbonyl (C=O) groups excluding carboxylic acids is 1. The Hall–Kier alpha value is -2.37. The third kappa shape index (κ3) is 1.73. The Kier molecular flexibility index (Phi) is 2.78. The van der Waals surface area contributed by atoms with Crippen LogP contribution in [-0.2, 0) is 4.74 Å². The highest BCUT2D eigenvalue weighted by molar-refractivity contribution is 6.05. The summed E-state index contributed by atoms with van der Waals surface area (Å²) in [4.78, 5) is 25.0. The monoisotopic (exact) mass is 234 g/mol. The lowest BCUT2D eigenvalue weighted by molar-refractivity contribution is 0.0596. The van der Waals surface area contributed by atoms with E-state index in [1.54, 1.807) is 18.2 Å². The maximum absolute atomic E-state index is 11.4. The van der Waals surface area contributed by atoms with Crippen LogP contribution in [0.25, 0.3) is 10.9 Å². The number of aromatic amines is 1. The first-order valence-corrected chi connectivity index (χ1v) is 4.82. The van der Waals surface area contributed by atoms with Crippen LogP contribution >= 0.6 is 0 Å². The van der Waals surface area contributed by atoms with Crippen molar-refractivity contribution in [3.05, 3.63) is 28.8 Å². The zero-order chi connectivity index (χ0) is 12.4. The molecular weight excluding hydrogens is 224 g/mol. The van der Waals surface area contributed by atoms with Crippen molar-refractivity contribution in [3.63, 3.8) is 0 Å². The Morgan fingerprint density at radius 1 is 1.35 bits per heavy atom. The van der Waals surface area contributed by atoms with E-state index in [0.29, 0.717) is 16.7 Å². The van der Waals surface area contributed by atoms with Gasteiger partial charge in [-0.1, -0.05) is 0 Å². The molecule has 0 amide bonds. The summed E-state index contributed by atoms with van der Waals surface area (Å²) in [5.41, 5.74) is 0.706. The summed E-state index contributed by atoms with van der Waals surface area (Å²) in [6.45, 7) is 0. The lowest BCUT2D eigenvalue weighted by atomic mass is 10.2. The van der Waals surface area contributed by atoms with Crippen LogP contribution in [0.4, 0.5) is 5.69 Å². The molecule has 0 aliphatic rings. The van der Waals surface area contributed by atoms with Crippen LogP contribution in [0, 0.1) is 4.91 Å². The number of H-pyrrole nitrogens is 1. The minimum atomic E-state index is -0.630. The molecule has 0 bridgehead atoms. The molecule has 0 aliphatic heterocycles. The average Bonchev–Trinajstić information content (AvgIpc) is 2.74. The quantitative estimate of drug-likeness (QED) is 0.652. The number of hydrogen-bond donors (Lipinski definition) is 1. The Labute approximate surface area is 96.5 Å². The Morgan fingerprint density at radius 3 is 2.71 bits per heavy atom. The fourth-order valence-electron chi connectivity index (χ4n) is 1.63. The van der Waals surface area contributed by atoms with E-state index in [-0.39, 0.29) is 11.4 Å². The molecule has 0 unspecified atom stereocenters. The first-order chi connectivity index (χ1) is 8.21. The van der Waals surface area contributed by atoms with E-state index in [1.165, 1.54) is 14.2 Å². The second-order valence-corrected chi connectivity index (χ2v) is 3.34. The normalized spacial score (nSPS) is 10.2. The maximum atomic E-state index is 11.4. The van der Waals surface area contributed by atoms with Crippen molar-refractivity contribution in [2.24, 2.45) is 5.18 Å². The smallest absolute Gasteiger partial charge is 0.356 e. The SMILES string of the molecule is COC(=O)c1[nH]c2ccc(OC)cc2c1N=O. The standard InChI is InChI=1S/C11H10N2O4/c1-16-6-3-4-8-7(5-6)9(13-15)10(12-8)11(14)17-2/h3-5,12H,1-2H3. The fraction of sp³-hybridized carbons (Fsp3) is 0.182. The molecule has 17 heavy (non-hydrogen) atoms. The number of nitrogens with zero attached hydrogens (tertiary/aromatic N) is 1. The van der Waals surface area contributed by atoms with Gasteiger partial charge < -0.3 is 14.5 Å². The number of ether oxygens (including phenoxy) is 2. The maximum Gasteiger partial charge on any atom is 0.356 e. The lowest BCUT2D eigenvalue weighted by Crippen LogP contribution is -2.01. The van der Waals surface area contributed by atoms with Crippen molar-refractivity contribution in [2.45, 2.75) is 0 Å². The van der Waals surface area contributed by atoms with Gasteiger partial charge in [-0.2, -0.15) is 0 Å². The molecule has 2 aromatic rings. The van der Waals surface area contributed by atoms with Gasteiger partial charge in [0.05, 0.1) is 14.2 Å². The summed E-state index contributed by atoms with van der Waals surface area (Å²) in [6.07, 6.45) is 0. The second-order valence-electron chi connectivity index (χ2n) is 3.34. The molecule has 0 saturated carbocycles. The first kappa shape index (κ1) is 11.1. The predicted molar refractivity (Wildman–Crippen MR) is 61.6 cm³/mol. The zero-order valence-electron chi connectivity index (χ0n) is 9.31. The summed E-state index contributed by atoms with van der Waals surface area (Å²) >= 11 is 0. The van der Waals surface area contributed by atoms with Crippen molar-refractivity contribution in [2.75, 3.05) is 14.2 Å². The van der Waals surface area contributed by atoms with Crippen LogP contribution in [0.15, 0.2) is 23.4 Å². The topological polar surface area (TPSA) is 80.8 Å². The van der Waals surface area contributed by atoms with Gasteiger partial charge in [-0.05, 0) is 23.4 Å². The number of methoxy groups -OCH3 is 2. The average molecular weight is 234 g/mol. The zero-order valence-corrected chi connectivity index (χ0v) is 9.31. The number of nitroso groups, excluding NO2 is 1. The largest absolute Gasteiger partial charge is 0.497 e. The van der Waals surface area contributed by atoms with E-state index in [0.717, 1.165) is 0 Å². The summed E-state index contributed by atoms with van der Waals surface area (Å²) in [5, 5.41) is 3.39. The highest BCUT2D eigenvalue weighted by Gasteiger charge is 2.19. The molecule has 1 aromatic heterocycles. The summed E-state index contributed by atoms with van der Waals surface area (Å²) in [7, 11) is 2.76. The minimum Gasteiger partial charge on any atom is -0.497 e. The molecule has 1 N–H and O–H groups in total. The van der Waals surface area contributed by atoms with Crippen molar-refractivity contribution >= 4 is 22.6 Å². The van der Waals surface area contributed by atoms with Gasteiger partial charge in [0.15, 0.2) is 5.69 Å². The molecule has 88 valence electrons. The van der Waals surface area contributed by atoms with Gasteiger partial charge in [-0.3, -0.25) is 0 Å². The second kappa shape index (κ2) is 4.25. The predicted octanol–water partition coefficient (Wildman–Crippen LogP) is 2.36. The number of fused-ring (bicyclic) bond motifs is 1. The Balaban J connectivity index is 2.71. The van der Waals surface area contributed by atoms with E-state index >= 15 is 0 Å². The number of rotatable bonds is 3. The van der Waals surface area contributed by atoms with E-state index < -0.39 is 5.97 Å². The van der Waals surface area contributed by atoms with Crippen LogP contribution in [0.3, 0.4) is 0 Å². The molecule has 0 aliphatic carbocycles. The molecule has 0 radical (unpaired) electrons. The van der Waals surface area contributed by atoms with Gasteiger partial charge >= 0.3 is 5.97 Å². The van der Waals surface area contributed by atoms with Gasteiger partial charge in [0.2, 0.25) is 0 Å². The van der Waals surface area contributed by atoms with Crippen LogP contribution in [-0.4, -0.2) is 25.2 Å². The number of benzene rings is 1. The summed E-state index contributed by atoms with van der Waals surface area (Å²) in [5.74, 6) is -0.0485. The molecule has 6 nitrogen and oxygen atoms in total. The summed E-state index contributed by atoms with van der Waals surface area (Å²) in [6, 6.07) is 5.05. The number of esters is 1. The molecule has 1 aromatic carbocycles. The molecule has 2 rings (SSSR count). The van der Waals surface area contributed by atoms with Crippen LogP contribution < -0.4 is 4.74 Å². The Morgan fingerprint density at radius 2 is 2.12 bits per heavy atom. The Bertz CT molecular complexity index is 588. The molecule has 0 atom stereocenters. The number of hydrogen-bond acceptors (Lipinski definition) is 5. The summed E-state index contributed by atoms with van der Waals surface area (Å²) < 4.78 is 9.61. The number of carbonyl (C=O) groups is 1. The van der Waals surface area contributed by atoms with Crippen LogP contribution in [0.5, 0.6) is 5.75 Å². The number of aromatic nitrogens is 1.